The maximum Gasteiger partial charge on any atom is 0.132 e. The molecule has 0 spiro atoms. The van der Waals surface area contributed by atoms with E-state index in [1.54, 1.807) is 25.6 Å². The van der Waals surface area contributed by atoms with Crippen LogP contribution in [0, 0.1) is 0 Å². The minimum Gasteiger partial charge on any atom is -0.497 e. The quantitative estimate of drug-likeness (QED) is 0.524. The third-order valence-corrected chi connectivity index (χ3v) is 5.06. The zero-order valence-electron chi connectivity index (χ0n) is 12.9. The second kappa shape index (κ2) is 5.56. The van der Waals surface area contributed by atoms with Crippen molar-refractivity contribution in [3.63, 3.8) is 0 Å². The van der Waals surface area contributed by atoms with Gasteiger partial charge in [-0.05, 0) is 23.6 Å². The number of aromatic nitrogens is 1. The maximum atomic E-state index is 5.51. The fraction of sp³-hybridized carbons (Fsp3) is 0.105. The number of thiazole rings is 1. The summed E-state index contributed by atoms with van der Waals surface area (Å²) in [7, 11) is 3.32. The summed E-state index contributed by atoms with van der Waals surface area (Å²) in [4.78, 5) is 4.79. The average Bonchev–Trinajstić information content (AvgIpc) is 3.05. The molecule has 0 saturated carbocycles. The van der Waals surface area contributed by atoms with Gasteiger partial charge < -0.3 is 9.47 Å². The summed E-state index contributed by atoms with van der Waals surface area (Å²) >= 11 is 1.69. The molecule has 0 aliphatic rings. The van der Waals surface area contributed by atoms with Gasteiger partial charge >= 0.3 is 0 Å². The van der Waals surface area contributed by atoms with Crippen LogP contribution in [0.3, 0.4) is 0 Å². The van der Waals surface area contributed by atoms with Crippen molar-refractivity contribution in [1.82, 2.24) is 4.98 Å². The molecule has 4 heteroatoms. The summed E-state index contributed by atoms with van der Waals surface area (Å²) in [6.45, 7) is 0. The van der Waals surface area contributed by atoms with Crippen molar-refractivity contribution in [2.75, 3.05) is 14.2 Å². The first kappa shape index (κ1) is 14.0. The summed E-state index contributed by atoms with van der Waals surface area (Å²) in [6, 6.07) is 18.4. The summed E-state index contributed by atoms with van der Waals surface area (Å²) in [5.74, 6) is 1.55. The highest BCUT2D eigenvalue weighted by atomic mass is 32.1. The standard InChI is InChI=1S/C19H15NO2S/c1-21-13-8-9-15(17(11-13)22-2)19-20-16-10-7-12-5-3-4-6-14(12)18(16)23-19/h3-11H,1-2H3. The van der Waals surface area contributed by atoms with Crippen LogP contribution >= 0.6 is 11.3 Å². The van der Waals surface area contributed by atoms with Gasteiger partial charge in [0.25, 0.3) is 0 Å². The SMILES string of the molecule is COc1ccc(-c2nc3ccc4ccccc4c3s2)c(OC)c1. The van der Waals surface area contributed by atoms with Crippen molar-refractivity contribution in [2.45, 2.75) is 0 Å². The summed E-state index contributed by atoms with van der Waals surface area (Å²) < 4.78 is 12.0. The Balaban J connectivity index is 1.94. The van der Waals surface area contributed by atoms with Gasteiger partial charge in [-0.2, -0.15) is 0 Å². The van der Waals surface area contributed by atoms with E-state index in [1.807, 2.05) is 18.2 Å². The summed E-state index contributed by atoms with van der Waals surface area (Å²) in [5, 5.41) is 3.42. The van der Waals surface area contributed by atoms with Crippen LogP contribution in [0.25, 0.3) is 31.6 Å². The molecule has 1 aromatic heterocycles. The Morgan fingerprint density at radius 3 is 2.61 bits per heavy atom. The van der Waals surface area contributed by atoms with Crippen molar-refractivity contribution in [3.8, 4) is 22.1 Å². The molecule has 23 heavy (non-hydrogen) atoms. The Morgan fingerprint density at radius 2 is 1.78 bits per heavy atom. The molecule has 0 atom stereocenters. The normalized spacial score (nSPS) is 11.0. The number of rotatable bonds is 3. The minimum absolute atomic E-state index is 0.771. The number of hydrogen-bond acceptors (Lipinski definition) is 4. The Labute approximate surface area is 138 Å². The van der Waals surface area contributed by atoms with Crippen molar-refractivity contribution >= 4 is 32.3 Å². The zero-order chi connectivity index (χ0) is 15.8. The highest BCUT2D eigenvalue weighted by molar-refractivity contribution is 7.22. The van der Waals surface area contributed by atoms with Gasteiger partial charge in [-0.1, -0.05) is 30.3 Å². The van der Waals surface area contributed by atoms with Crippen LogP contribution in [-0.4, -0.2) is 19.2 Å². The van der Waals surface area contributed by atoms with E-state index in [0.29, 0.717) is 0 Å². The van der Waals surface area contributed by atoms with Gasteiger partial charge in [0.1, 0.15) is 16.5 Å². The number of nitrogens with zero attached hydrogens (tertiary/aromatic N) is 1. The van der Waals surface area contributed by atoms with Crippen molar-refractivity contribution in [2.24, 2.45) is 0 Å². The number of ether oxygens (including phenoxy) is 2. The molecule has 114 valence electrons. The molecule has 0 saturated heterocycles. The molecule has 0 amide bonds. The van der Waals surface area contributed by atoms with Gasteiger partial charge in [-0.25, -0.2) is 4.98 Å². The molecular weight excluding hydrogens is 306 g/mol. The molecule has 0 bridgehead atoms. The fourth-order valence-corrected chi connectivity index (χ4v) is 3.88. The lowest BCUT2D eigenvalue weighted by Crippen LogP contribution is -1.89. The molecule has 4 rings (SSSR count). The Morgan fingerprint density at radius 1 is 0.913 bits per heavy atom. The first-order valence-electron chi connectivity index (χ1n) is 7.31. The van der Waals surface area contributed by atoms with Gasteiger partial charge in [-0.15, -0.1) is 11.3 Å². The van der Waals surface area contributed by atoms with E-state index < -0.39 is 0 Å². The van der Waals surface area contributed by atoms with Crippen molar-refractivity contribution in [1.29, 1.82) is 0 Å². The van der Waals surface area contributed by atoms with E-state index in [-0.39, 0.29) is 0 Å². The van der Waals surface area contributed by atoms with Crippen LogP contribution in [0.1, 0.15) is 0 Å². The van der Waals surface area contributed by atoms with Crippen LogP contribution < -0.4 is 9.47 Å². The van der Waals surface area contributed by atoms with Crippen LogP contribution in [0.4, 0.5) is 0 Å². The number of fused-ring (bicyclic) bond motifs is 3. The third kappa shape index (κ3) is 2.32. The third-order valence-electron chi connectivity index (χ3n) is 3.92. The minimum atomic E-state index is 0.771. The van der Waals surface area contributed by atoms with Gasteiger partial charge in [-0.3, -0.25) is 0 Å². The first-order valence-corrected chi connectivity index (χ1v) is 8.12. The Kier molecular flexibility index (Phi) is 3.39. The van der Waals surface area contributed by atoms with E-state index in [2.05, 4.69) is 36.4 Å². The second-order valence-corrected chi connectivity index (χ2v) is 6.22. The zero-order valence-corrected chi connectivity index (χ0v) is 13.7. The number of hydrogen-bond donors (Lipinski definition) is 0. The molecule has 0 fully saturated rings. The molecule has 4 aromatic rings. The van der Waals surface area contributed by atoms with E-state index >= 15 is 0 Å². The maximum absolute atomic E-state index is 5.51. The molecule has 0 N–H and O–H groups in total. The van der Waals surface area contributed by atoms with Crippen LogP contribution in [0.5, 0.6) is 11.5 Å². The van der Waals surface area contributed by atoms with Crippen molar-refractivity contribution < 1.29 is 9.47 Å². The Hall–Kier alpha value is -2.59. The molecule has 0 radical (unpaired) electrons. The molecular formula is C19H15NO2S. The molecule has 0 aliphatic carbocycles. The van der Waals surface area contributed by atoms with E-state index in [4.69, 9.17) is 14.5 Å². The van der Waals surface area contributed by atoms with E-state index in [1.165, 1.54) is 15.5 Å². The van der Waals surface area contributed by atoms with Crippen LogP contribution in [-0.2, 0) is 0 Å². The monoisotopic (exact) mass is 321 g/mol. The molecule has 3 nitrogen and oxygen atoms in total. The molecule has 0 unspecified atom stereocenters. The van der Waals surface area contributed by atoms with Gasteiger partial charge in [0.15, 0.2) is 0 Å². The number of benzene rings is 3. The fourth-order valence-electron chi connectivity index (χ4n) is 2.75. The molecule has 0 aliphatic heterocycles. The topological polar surface area (TPSA) is 31.4 Å². The lowest BCUT2D eigenvalue weighted by molar-refractivity contribution is 0.395. The lowest BCUT2D eigenvalue weighted by Gasteiger charge is -2.07. The number of methoxy groups -OCH3 is 2. The Bertz CT molecular complexity index is 1010. The second-order valence-electron chi connectivity index (χ2n) is 5.22. The average molecular weight is 321 g/mol. The predicted molar refractivity (Wildman–Crippen MR) is 95.7 cm³/mol. The molecule has 1 heterocycles. The van der Waals surface area contributed by atoms with Gasteiger partial charge in [0, 0.05) is 11.5 Å². The lowest BCUT2D eigenvalue weighted by atomic mass is 10.1. The van der Waals surface area contributed by atoms with Crippen LogP contribution in [0.2, 0.25) is 0 Å². The van der Waals surface area contributed by atoms with Gasteiger partial charge in [0.2, 0.25) is 0 Å². The highest BCUT2D eigenvalue weighted by Gasteiger charge is 2.13. The summed E-state index contributed by atoms with van der Waals surface area (Å²) in [5.41, 5.74) is 2.00. The molecule has 3 aromatic carbocycles. The summed E-state index contributed by atoms with van der Waals surface area (Å²) in [6.07, 6.45) is 0. The predicted octanol–water partition coefficient (Wildman–Crippen LogP) is 5.13. The van der Waals surface area contributed by atoms with Gasteiger partial charge in [0.05, 0.1) is 30.0 Å². The largest absolute Gasteiger partial charge is 0.497 e. The smallest absolute Gasteiger partial charge is 0.132 e. The van der Waals surface area contributed by atoms with E-state index in [9.17, 15) is 0 Å². The van der Waals surface area contributed by atoms with Crippen molar-refractivity contribution in [3.05, 3.63) is 54.6 Å². The highest BCUT2D eigenvalue weighted by Crippen LogP contribution is 2.39. The first-order chi connectivity index (χ1) is 11.3. The van der Waals surface area contributed by atoms with Crippen LogP contribution in [0.15, 0.2) is 54.6 Å². The van der Waals surface area contributed by atoms with E-state index in [0.717, 1.165) is 27.6 Å².